The maximum atomic E-state index is 5.52. The predicted octanol–water partition coefficient (Wildman–Crippen LogP) is 3.46. The highest BCUT2D eigenvalue weighted by molar-refractivity contribution is 5.80. The van der Waals surface area contributed by atoms with E-state index in [0.717, 1.165) is 63.0 Å². The molecule has 6 heteroatoms. The smallest absolute Gasteiger partial charge is 0.194 e. The fraction of sp³-hybridized carbons (Fsp3) is 0.800. The average molecular weight is 364 g/mol. The SMILES string of the molecule is CCNC(=NCc1cc(C(CC)CC)no1)N1CCC(N(CC)CC)C1. The predicted molar refractivity (Wildman–Crippen MR) is 108 cm³/mol. The Labute approximate surface area is 159 Å². The lowest BCUT2D eigenvalue weighted by Crippen LogP contribution is -2.43. The van der Waals surface area contributed by atoms with E-state index in [0.29, 0.717) is 18.5 Å². The normalized spacial score (nSPS) is 18.3. The lowest BCUT2D eigenvalue weighted by molar-refractivity contribution is 0.223. The van der Waals surface area contributed by atoms with Crippen LogP contribution in [0.15, 0.2) is 15.6 Å². The molecule has 0 radical (unpaired) electrons. The first kappa shape index (κ1) is 20.7. The topological polar surface area (TPSA) is 56.9 Å². The number of nitrogens with one attached hydrogen (secondary N) is 1. The van der Waals surface area contributed by atoms with Crippen LogP contribution < -0.4 is 5.32 Å². The quantitative estimate of drug-likeness (QED) is 0.538. The second kappa shape index (κ2) is 10.6. The highest BCUT2D eigenvalue weighted by Crippen LogP contribution is 2.23. The van der Waals surface area contributed by atoms with Crippen molar-refractivity contribution in [2.45, 2.75) is 72.4 Å². The zero-order valence-electron chi connectivity index (χ0n) is 17.3. The Morgan fingerprint density at radius 1 is 1.31 bits per heavy atom. The van der Waals surface area contributed by atoms with Gasteiger partial charge in [0, 0.05) is 37.7 Å². The van der Waals surface area contributed by atoms with Gasteiger partial charge in [-0.1, -0.05) is 32.9 Å². The number of likely N-dealkylation sites (N-methyl/N-ethyl adjacent to an activating group) is 1. The first-order valence-corrected chi connectivity index (χ1v) is 10.4. The van der Waals surface area contributed by atoms with E-state index in [2.05, 4.69) is 61.0 Å². The molecule has 148 valence electrons. The van der Waals surface area contributed by atoms with E-state index in [1.54, 1.807) is 0 Å². The number of nitrogens with zero attached hydrogens (tertiary/aromatic N) is 4. The Hall–Kier alpha value is -1.56. The third-order valence-corrected chi connectivity index (χ3v) is 5.49. The average Bonchev–Trinajstić information content (AvgIpc) is 3.31. The fourth-order valence-corrected chi connectivity index (χ4v) is 3.85. The maximum Gasteiger partial charge on any atom is 0.194 e. The van der Waals surface area contributed by atoms with Gasteiger partial charge >= 0.3 is 0 Å². The molecule has 2 rings (SSSR count). The monoisotopic (exact) mass is 363 g/mol. The van der Waals surface area contributed by atoms with Gasteiger partial charge in [-0.2, -0.15) is 0 Å². The molecule has 0 spiro atoms. The summed E-state index contributed by atoms with van der Waals surface area (Å²) in [6, 6.07) is 2.70. The van der Waals surface area contributed by atoms with Crippen LogP contribution in [-0.2, 0) is 6.54 Å². The molecule has 0 saturated carbocycles. The van der Waals surface area contributed by atoms with Crippen LogP contribution in [0.2, 0.25) is 0 Å². The molecule has 1 aromatic rings. The lowest BCUT2D eigenvalue weighted by Gasteiger charge is -2.27. The summed E-state index contributed by atoms with van der Waals surface area (Å²) in [5.74, 6) is 2.32. The van der Waals surface area contributed by atoms with E-state index in [9.17, 15) is 0 Å². The number of hydrogen-bond donors (Lipinski definition) is 1. The van der Waals surface area contributed by atoms with E-state index in [-0.39, 0.29) is 0 Å². The van der Waals surface area contributed by atoms with Crippen molar-refractivity contribution in [1.29, 1.82) is 0 Å². The van der Waals surface area contributed by atoms with Crippen LogP contribution >= 0.6 is 0 Å². The largest absolute Gasteiger partial charge is 0.359 e. The molecular formula is C20H37N5O. The van der Waals surface area contributed by atoms with E-state index in [1.807, 2.05) is 0 Å². The molecule has 0 bridgehead atoms. The lowest BCUT2D eigenvalue weighted by atomic mass is 9.99. The van der Waals surface area contributed by atoms with Crippen molar-refractivity contribution in [2.24, 2.45) is 4.99 Å². The molecule has 0 amide bonds. The van der Waals surface area contributed by atoms with Gasteiger partial charge in [0.1, 0.15) is 6.54 Å². The second-order valence-electron chi connectivity index (χ2n) is 7.01. The van der Waals surface area contributed by atoms with Gasteiger partial charge in [-0.15, -0.1) is 0 Å². The molecule has 1 aromatic heterocycles. The number of likely N-dealkylation sites (tertiary alicyclic amines) is 1. The van der Waals surface area contributed by atoms with E-state index in [4.69, 9.17) is 9.52 Å². The molecule has 1 aliphatic rings. The standard InChI is InChI=1S/C20H37N5O/c1-6-16(7-2)19-13-18(26-23-19)14-22-20(21-8-3)25-12-11-17(15-25)24(9-4)10-5/h13,16-17H,6-12,14-15H2,1-5H3,(H,21,22). The van der Waals surface area contributed by atoms with Gasteiger partial charge in [0.05, 0.1) is 5.69 Å². The minimum Gasteiger partial charge on any atom is -0.359 e. The van der Waals surface area contributed by atoms with Crippen molar-refractivity contribution >= 4 is 5.96 Å². The first-order valence-electron chi connectivity index (χ1n) is 10.4. The van der Waals surface area contributed by atoms with Crippen molar-refractivity contribution in [2.75, 3.05) is 32.7 Å². The van der Waals surface area contributed by atoms with Crippen LogP contribution in [-0.4, -0.2) is 59.7 Å². The minimum absolute atomic E-state index is 0.484. The number of hydrogen-bond acceptors (Lipinski definition) is 4. The summed E-state index contributed by atoms with van der Waals surface area (Å²) >= 11 is 0. The third kappa shape index (κ3) is 5.22. The summed E-state index contributed by atoms with van der Waals surface area (Å²) < 4.78 is 5.52. The molecule has 1 aliphatic heterocycles. The third-order valence-electron chi connectivity index (χ3n) is 5.49. The van der Waals surface area contributed by atoms with E-state index in [1.165, 1.54) is 6.42 Å². The van der Waals surface area contributed by atoms with Gasteiger partial charge in [0.15, 0.2) is 11.7 Å². The Balaban J connectivity index is 2.01. The van der Waals surface area contributed by atoms with E-state index < -0.39 is 0 Å². The highest BCUT2D eigenvalue weighted by Gasteiger charge is 2.28. The van der Waals surface area contributed by atoms with Crippen molar-refractivity contribution < 1.29 is 4.52 Å². The molecule has 2 heterocycles. The van der Waals surface area contributed by atoms with Gasteiger partial charge in [-0.05, 0) is 39.3 Å². The summed E-state index contributed by atoms with van der Waals surface area (Å²) in [6.07, 6.45) is 3.39. The van der Waals surface area contributed by atoms with Gasteiger partial charge < -0.3 is 14.7 Å². The van der Waals surface area contributed by atoms with Crippen molar-refractivity contribution in [3.8, 4) is 0 Å². The van der Waals surface area contributed by atoms with Gasteiger partial charge in [-0.3, -0.25) is 4.90 Å². The van der Waals surface area contributed by atoms with Crippen LogP contribution in [0.5, 0.6) is 0 Å². The zero-order valence-corrected chi connectivity index (χ0v) is 17.3. The van der Waals surface area contributed by atoms with Crippen molar-refractivity contribution in [3.63, 3.8) is 0 Å². The Morgan fingerprint density at radius 3 is 2.65 bits per heavy atom. The molecule has 1 unspecified atom stereocenters. The Kier molecular flexibility index (Phi) is 8.42. The van der Waals surface area contributed by atoms with E-state index >= 15 is 0 Å². The first-order chi connectivity index (χ1) is 12.7. The summed E-state index contributed by atoms with van der Waals surface area (Å²) in [5.41, 5.74) is 1.06. The number of aliphatic imine (C=N–C) groups is 1. The summed E-state index contributed by atoms with van der Waals surface area (Å²) in [7, 11) is 0. The molecule has 0 aliphatic carbocycles. The zero-order chi connectivity index (χ0) is 18.9. The molecule has 1 atom stereocenters. The highest BCUT2D eigenvalue weighted by atomic mass is 16.5. The van der Waals surface area contributed by atoms with Crippen LogP contribution in [0.25, 0.3) is 0 Å². The molecule has 26 heavy (non-hydrogen) atoms. The van der Waals surface area contributed by atoms with Gasteiger partial charge in [0.25, 0.3) is 0 Å². The summed E-state index contributed by atoms with van der Waals surface area (Å²) in [6.45, 7) is 16.7. The number of guanidine groups is 1. The molecular weight excluding hydrogens is 326 g/mol. The molecule has 1 N–H and O–H groups in total. The molecule has 1 fully saturated rings. The van der Waals surface area contributed by atoms with Gasteiger partial charge in [-0.25, -0.2) is 4.99 Å². The Morgan fingerprint density at radius 2 is 2.04 bits per heavy atom. The summed E-state index contributed by atoms with van der Waals surface area (Å²) in [5, 5.41) is 7.69. The Bertz CT molecular complexity index is 548. The molecule has 6 nitrogen and oxygen atoms in total. The van der Waals surface area contributed by atoms with Crippen molar-refractivity contribution in [3.05, 3.63) is 17.5 Å². The van der Waals surface area contributed by atoms with Crippen LogP contribution in [0, 0.1) is 0 Å². The summed E-state index contributed by atoms with van der Waals surface area (Å²) in [4.78, 5) is 9.74. The second-order valence-corrected chi connectivity index (χ2v) is 7.01. The van der Waals surface area contributed by atoms with Crippen molar-refractivity contribution in [1.82, 2.24) is 20.3 Å². The van der Waals surface area contributed by atoms with Crippen LogP contribution in [0.1, 0.15) is 71.3 Å². The van der Waals surface area contributed by atoms with Gasteiger partial charge in [0.2, 0.25) is 0 Å². The maximum absolute atomic E-state index is 5.52. The van der Waals surface area contributed by atoms with Crippen LogP contribution in [0.4, 0.5) is 0 Å². The molecule has 1 saturated heterocycles. The number of rotatable bonds is 9. The minimum atomic E-state index is 0.484. The molecule has 0 aromatic carbocycles. The fourth-order valence-electron chi connectivity index (χ4n) is 3.85. The van der Waals surface area contributed by atoms with Crippen LogP contribution in [0.3, 0.4) is 0 Å². The number of aromatic nitrogens is 1.